The molecular weight excluding hydrogens is 517 g/mol. The van der Waals surface area contributed by atoms with Gasteiger partial charge in [0.2, 0.25) is 5.91 Å². The van der Waals surface area contributed by atoms with E-state index in [4.69, 9.17) is 4.42 Å². The molecule has 1 saturated heterocycles. The van der Waals surface area contributed by atoms with Gasteiger partial charge in [0.05, 0.1) is 6.54 Å². The number of para-hydroxylation sites is 1. The third kappa shape index (κ3) is 5.95. The molecule has 1 aromatic carbocycles. The van der Waals surface area contributed by atoms with Crippen LogP contribution in [0.5, 0.6) is 0 Å². The minimum absolute atomic E-state index is 0. The number of nitrogens with zero attached hydrogens (tertiary/aromatic N) is 3. The first kappa shape index (κ1) is 24.8. The second-order valence-electron chi connectivity index (χ2n) is 8.65. The molecule has 0 bridgehead atoms. The van der Waals surface area contributed by atoms with E-state index in [2.05, 4.69) is 38.4 Å². The molecule has 1 aliphatic carbocycles. The summed E-state index contributed by atoms with van der Waals surface area (Å²) in [5.41, 5.74) is 2.09. The SMILES string of the molecule is CN=C(NCCN1CCN(C(=O)C2CCCC2)CC1)NCc1oc2ccccc2c1C.I. The van der Waals surface area contributed by atoms with Crippen LogP contribution in [0.1, 0.15) is 37.0 Å². The number of aliphatic imine (C=N–C) groups is 1. The molecule has 176 valence electrons. The number of rotatable bonds is 6. The van der Waals surface area contributed by atoms with E-state index in [1.54, 1.807) is 7.05 Å². The predicted octanol–water partition coefficient (Wildman–Crippen LogP) is 3.36. The lowest BCUT2D eigenvalue weighted by atomic mass is 10.1. The van der Waals surface area contributed by atoms with E-state index < -0.39 is 0 Å². The summed E-state index contributed by atoms with van der Waals surface area (Å²) >= 11 is 0. The molecule has 7 nitrogen and oxygen atoms in total. The monoisotopic (exact) mass is 553 g/mol. The molecule has 2 aliphatic rings. The maximum absolute atomic E-state index is 12.6. The number of piperazine rings is 1. The van der Waals surface area contributed by atoms with Crippen LogP contribution in [0.2, 0.25) is 0 Å². The van der Waals surface area contributed by atoms with Gasteiger partial charge in [0.25, 0.3) is 0 Å². The van der Waals surface area contributed by atoms with Gasteiger partial charge in [0.1, 0.15) is 11.3 Å². The number of carbonyl (C=O) groups excluding carboxylic acids is 1. The van der Waals surface area contributed by atoms with Crippen LogP contribution < -0.4 is 10.6 Å². The minimum Gasteiger partial charge on any atom is -0.459 e. The number of fused-ring (bicyclic) bond motifs is 1. The number of hydrogen-bond acceptors (Lipinski definition) is 4. The van der Waals surface area contributed by atoms with Gasteiger partial charge in [-0.25, -0.2) is 0 Å². The maximum Gasteiger partial charge on any atom is 0.225 e. The van der Waals surface area contributed by atoms with E-state index in [-0.39, 0.29) is 29.9 Å². The summed E-state index contributed by atoms with van der Waals surface area (Å²) in [6.07, 6.45) is 4.60. The molecule has 1 amide bonds. The minimum atomic E-state index is 0. The Bertz CT molecular complexity index is 914. The summed E-state index contributed by atoms with van der Waals surface area (Å²) in [4.78, 5) is 21.4. The zero-order valence-electron chi connectivity index (χ0n) is 19.2. The number of amides is 1. The molecule has 1 aromatic heterocycles. The Balaban J connectivity index is 0.00000289. The van der Waals surface area contributed by atoms with E-state index in [0.717, 1.165) is 74.8 Å². The lowest BCUT2D eigenvalue weighted by Crippen LogP contribution is -2.51. The number of nitrogens with one attached hydrogen (secondary N) is 2. The van der Waals surface area contributed by atoms with E-state index >= 15 is 0 Å². The highest BCUT2D eigenvalue weighted by atomic mass is 127. The Morgan fingerprint density at radius 3 is 2.53 bits per heavy atom. The number of aryl methyl sites for hydroxylation is 1. The van der Waals surface area contributed by atoms with Crippen molar-refractivity contribution in [2.45, 2.75) is 39.2 Å². The fraction of sp³-hybridized carbons (Fsp3) is 0.583. The van der Waals surface area contributed by atoms with Gasteiger partial charge in [-0.15, -0.1) is 24.0 Å². The lowest BCUT2D eigenvalue weighted by molar-refractivity contribution is -0.137. The van der Waals surface area contributed by atoms with Gasteiger partial charge in [-0.2, -0.15) is 0 Å². The quantitative estimate of drug-likeness (QED) is 0.326. The predicted molar refractivity (Wildman–Crippen MR) is 140 cm³/mol. The van der Waals surface area contributed by atoms with Crippen LogP contribution in [-0.2, 0) is 11.3 Å². The Morgan fingerprint density at radius 2 is 1.84 bits per heavy atom. The Morgan fingerprint density at radius 1 is 1.12 bits per heavy atom. The van der Waals surface area contributed by atoms with E-state index in [1.165, 1.54) is 18.4 Å². The van der Waals surface area contributed by atoms with Gasteiger partial charge in [-0.05, 0) is 25.8 Å². The number of halogens is 1. The van der Waals surface area contributed by atoms with Gasteiger partial charge in [-0.1, -0.05) is 31.0 Å². The van der Waals surface area contributed by atoms with Crippen molar-refractivity contribution in [1.82, 2.24) is 20.4 Å². The zero-order valence-corrected chi connectivity index (χ0v) is 21.6. The molecule has 0 spiro atoms. The van der Waals surface area contributed by atoms with Gasteiger partial charge in [0, 0.05) is 63.2 Å². The van der Waals surface area contributed by atoms with Crippen molar-refractivity contribution < 1.29 is 9.21 Å². The Labute approximate surface area is 208 Å². The standard InChI is InChI=1S/C24H35N5O2.HI/c1-18-20-9-5-6-10-21(20)31-22(18)17-27-24(25-2)26-11-12-28-13-15-29(16-14-28)23(30)19-7-3-4-8-19;/h5-6,9-10,19H,3-4,7-8,11-17H2,1-2H3,(H2,25,26,27);1H. The van der Waals surface area contributed by atoms with Crippen molar-refractivity contribution >= 4 is 46.8 Å². The summed E-state index contributed by atoms with van der Waals surface area (Å²) in [5.74, 6) is 2.39. The third-order valence-electron chi connectivity index (χ3n) is 6.69. The van der Waals surface area contributed by atoms with Crippen LogP contribution in [0.3, 0.4) is 0 Å². The fourth-order valence-electron chi connectivity index (χ4n) is 4.73. The highest BCUT2D eigenvalue weighted by Crippen LogP contribution is 2.27. The molecule has 2 fully saturated rings. The average molecular weight is 553 g/mol. The van der Waals surface area contributed by atoms with Crippen LogP contribution in [0.15, 0.2) is 33.7 Å². The first-order chi connectivity index (χ1) is 15.2. The van der Waals surface area contributed by atoms with Crippen molar-refractivity contribution in [3.63, 3.8) is 0 Å². The highest BCUT2D eigenvalue weighted by Gasteiger charge is 2.29. The van der Waals surface area contributed by atoms with Gasteiger partial charge >= 0.3 is 0 Å². The van der Waals surface area contributed by atoms with Crippen molar-refractivity contribution in [2.24, 2.45) is 10.9 Å². The topological polar surface area (TPSA) is 73.1 Å². The van der Waals surface area contributed by atoms with E-state index in [0.29, 0.717) is 12.5 Å². The van der Waals surface area contributed by atoms with Crippen LogP contribution >= 0.6 is 24.0 Å². The lowest BCUT2D eigenvalue weighted by Gasteiger charge is -2.36. The van der Waals surface area contributed by atoms with Gasteiger partial charge in [0.15, 0.2) is 5.96 Å². The van der Waals surface area contributed by atoms with Crippen molar-refractivity contribution in [3.8, 4) is 0 Å². The van der Waals surface area contributed by atoms with Crippen LogP contribution in [0, 0.1) is 12.8 Å². The third-order valence-corrected chi connectivity index (χ3v) is 6.69. The normalized spacial score (nSPS) is 18.1. The fourth-order valence-corrected chi connectivity index (χ4v) is 4.73. The molecule has 0 unspecified atom stereocenters. The summed E-state index contributed by atoms with van der Waals surface area (Å²) in [7, 11) is 1.79. The number of guanidine groups is 1. The highest BCUT2D eigenvalue weighted by molar-refractivity contribution is 14.0. The molecular formula is C24H36IN5O2. The molecule has 1 saturated carbocycles. The second kappa shape index (κ2) is 11.9. The first-order valence-corrected chi connectivity index (χ1v) is 11.6. The molecule has 2 heterocycles. The molecule has 32 heavy (non-hydrogen) atoms. The van der Waals surface area contributed by atoms with Crippen LogP contribution in [-0.4, -0.2) is 68.0 Å². The molecule has 0 atom stereocenters. The van der Waals surface area contributed by atoms with Crippen molar-refractivity contribution in [1.29, 1.82) is 0 Å². The average Bonchev–Trinajstić information content (AvgIpc) is 3.45. The Hall–Kier alpha value is -1.81. The molecule has 0 radical (unpaired) electrons. The second-order valence-corrected chi connectivity index (χ2v) is 8.65. The molecule has 4 rings (SSSR count). The smallest absolute Gasteiger partial charge is 0.225 e. The number of benzene rings is 1. The van der Waals surface area contributed by atoms with Crippen LogP contribution in [0.4, 0.5) is 0 Å². The largest absolute Gasteiger partial charge is 0.459 e. The first-order valence-electron chi connectivity index (χ1n) is 11.6. The van der Waals surface area contributed by atoms with Crippen LogP contribution in [0.25, 0.3) is 11.0 Å². The molecule has 8 heteroatoms. The molecule has 1 aliphatic heterocycles. The van der Waals surface area contributed by atoms with Gasteiger partial charge < -0.3 is 20.0 Å². The van der Waals surface area contributed by atoms with Crippen molar-refractivity contribution in [3.05, 3.63) is 35.6 Å². The van der Waals surface area contributed by atoms with E-state index in [1.807, 2.05) is 18.2 Å². The summed E-state index contributed by atoms with van der Waals surface area (Å²) in [6.45, 7) is 8.05. The summed E-state index contributed by atoms with van der Waals surface area (Å²) in [6, 6.07) is 8.12. The number of furan rings is 1. The van der Waals surface area contributed by atoms with E-state index in [9.17, 15) is 4.79 Å². The zero-order chi connectivity index (χ0) is 21.6. The van der Waals surface area contributed by atoms with Gasteiger partial charge in [-0.3, -0.25) is 14.7 Å². The molecule has 2 aromatic rings. The number of carbonyl (C=O) groups is 1. The maximum atomic E-state index is 12.6. The summed E-state index contributed by atoms with van der Waals surface area (Å²) < 4.78 is 5.97. The Kier molecular flexibility index (Phi) is 9.22. The van der Waals surface area contributed by atoms with Crippen molar-refractivity contribution in [2.75, 3.05) is 46.3 Å². The molecule has 2 N–H and O–H groups in total. The summed E-state index contributed by atoms with van der Waals surface area (Å²) in [5, 5.41) is 7.91. The number of hydrogen-bond donors (Lipinski definition) is 2.